The van der Waals surface area contributed by atoms with Crippen LogP contribution in [0.5, 0.6) is 11.5 Å². The van der Waals surface area contributed by atoms with Crippen LogP contribution in [0.15, 0.2) is 36.4 Å². The van der Waals surface area contributed by atoms with Gasteiger partial charge in [0.05, 0.1) is 6.61 Å². The van der Waals surface area contributed by atoms with Crippen molar-refractivity contribution in [2.24, 2.45) is 0 Å². The number of rotatable bonds is 8. The van der Waals surface area contributed by atoms with Gasteiger partial charge in [0.2, 0.25) is 0 Å². The predicted molar refractivity (Wildman–Crippen MR) is 113 cm³/mol. The Morgan fingerprint density at radius 3 is 2.21 bits per heavy atom. The van der Waals surface area contributed by atoms with E-state index in [1.54, 1.807) is 0 Å². The summed E-state index contributed by atoms with van der Waals surface area (Å²) < 4.78 is 6.03. The second kappa shape index (κ2) is 8.63. The lowest BCUT2D eigenvalue weighted by Gasteiger charge is -2.23. The van der Waals surface area contributed by atoms with E-state index in [1.807, 2.05) is 36.4 Å². The Balaban J connectivity index is 1.90. The molecular weight excluding hydrogens is 350 g/mol. The lowest BCUT2D eigenvalue weighted by atomic mass is 9.86. The van der Waals surface area contributed by atoms with Gasteiger partial charge in [-0.25, -0.2) is 0 Å². The number of phenols is 1. The summed E-state index contributed by atoms with van der Waals surface area (Å²) in [5, 5.41) is 20.0. The fourth-order valence-corrected chi connectivity index (χ4v) is 3.26. The van der Waals surface area contributed by atoms with Crippen molar-refractivity contribution in [2.45, 2.75) is 65.2 Å². The molecular formula is C23H31N3O2. The second-order valence-electron chi connectivity index (χ2n) is 8.33. The lowest BCUT2D eigenvalue weighted by Crippen LogP contribution is -2.14. The van der Waals surface area contributed by atoms with Crippen molar-refractivity contribution < 1.29 is 9.84 Å². The average molecular weight is 382 g/mol. The van der Waals surface area contributed by atoms with Crippen molar-refractivity contribution >= 4 is 11.0 Å². The summed E-state index contributed by atoms with van der Waals surface area (Å²) in [5.41, 5.74) is 2.73. The molecule has 0 radical (unpaired) electrons. The zero-order valence-corrected chi connectivity index (χ0v) is 17.4. The molecule has 0 fully saturated rings. The van der Waals surface area contributed by atoms with Crippen molar-refractivity contribution in [1.82, 2.24) is 15.0 Å². The zero-order chi connectivity index (χ0) is 20.1. The standard InChI is InChI=1S/C23H31N3O2/c1-5-6-7-8-11-14-28-17-15-18(23(2,3)4)22(27)21(16-17)26-24-19-12-9-10-13-20(19)25-26/h9-10,12-13,15-16,27H,5-8,11,14H2,1-4H3. The number of phenolic OH excluding ortho intramolecular Hbond substituents is 1. The summed E-state index contributed by atoms with van der Waals surface area (Å²) in [5.74, 6) is 0.942. The molecule has 1 heterocycles. The first-order chi connectivity index (χ1) is 13.4. The fourth-order valence-electron chi connectivity index (χ4n) is 3.26. The molecule has 1 aromatic heterocycles. The summed E-state index contributed by atoms with van der Waals surface area (Å²) in [6.07, 6.45) is 5.97. The number of unbranched alkanes of at least 4 members (excludes halogenated alkanes) is 4. The number of nitrogens with zero attached hydrogens (tertiary/aromatic N) is 3. The molecule has 0 aliphatic rings. The van der Waals surface area contributed by atoms with E-state index >= 15 is 0 Å². The van der Waals surface area contributed by atoms with E-state index in [9.17, 15) is 5.11 Å². The van der Waals surface area contributed by atoms with Crippen molar-refractivity contribution in [3.05, 3.63) is 42.0 Å². The predicted octanol–water partition coefficient (Wildman–Crippen LogP) is 5.77. The molecule has 1 N–H and O–H groups in total. The van der Waals surface area contributed by atoms with E-state index in [0.29, 0.717) is 12.3 Å². The first-order valence-corrected chi connectivity index (χ1v) is 10.2. The van der Waals surface area contributed by atoms with Crippen molar-refractivity contribution in [2.75, 3.05) is 6.61 Å². The molecule has 150 valence electrons. The molecule has 0 amide bonds. The topological polar surface area (TPSA) is 60.2 Å². The number of ether oxygens (including phenoxy) is 1. The summed E-state index contributed by atoms with van der Waals surface area (Å²) in [6, 6.07) is 11.5. The highest BCUT2D eigenvalue weighted by atomic mass is 16.5. The Bertz CT molecular complexity index is 892. The first-order valence-electron chi connectivity index (χ1n) is 10.2. The van der Waals surface area contributed by atoms with E-state index in [-0.39, 0.29) is 11.2 Å². The van der Waals surface area contributed by atoms with E-state index in [0.717, 1.165) is 28.8 Å². The Morgan fingerprint density at radius 2 is 1.61 bits per heavy atom. The maximum atomic E-state index is 10.9. The largest absolute Gasteiger partial charge is 0.505 e. The van der Waals surface area contributed by atoms with Gasteiger partial charge in [-0.1, -0.05) is 65.5 Å². The maximum absolute atomic E-state index is 10.9. The second-order valence-corrected chi connectivity index (χ2v) is 8.33. The molecule has 0 saturated carbocycles. The number of fused-ring (bicyclic) bond motifs is 1. The van der Waals surface area contributed by atoms with Crippen LogP contribution in [0.1, 0.15) is 65.4 Å². The van der Waals surface area contributed by atoms with Crippen LogP contribution in [-0.2, 0) is 5.41 Å². The summed E-state index contributed by atoms with van der Waals surface area (Å²) >= 11 is 0. The molecule has 5 nitrogen and oxygen atoms in total. The summed E-state index contributed by atoms with van der Waals surface area (Å²) in [4.78, 5) is 1.50. The van der Waals surface area contributed by atoms with Gasteiger partial charge in [-0.15, -0.1) is 15.0 Å². The van der Waals surface area contributed by atoms with Gasteiger partial charge in [-0.3, -0.25) is 0 Å². The smallest absolute Gasteiger partial charge is 0.147 e. The molecule has 0 aliphatic carbocycles. The monoisotopic (exact) mass is 381 g/mol. The highest BCUT2D eigenvalue weighted by Crippen LogP contribution is 2.38. The molecule has 0 unspecified atom stereocenters. The minimum Gasteiger partial charge on any atom is -0.505 e. The third-order valence-electron chi connectivity index (χ3n) is 4.89. The Hall–Kier alpha value is -2.56. The molecule has 0 atom stereocenters. The number of benzene rings is 2. The van der Waals surface area contributed by atoms with Crippen LogP contribution >= 0.6 is 0 Å². The van der Waals surface area contributed by atoms with Crippen LogP contribution in [0.3, 0.4) is 0 Å². The van der Waals surface area contributed by atoms with Gasteiger partial charge < -0.3 is 9.84 Å². The van der Waals surface area contributed by atoms with Gasteiger partial charge in [-0.2, -0.15) is 0 Å². The zero-order valence-electron chi connectivity index (χ0n) is 17.4. The van der Waals surface area contributed by atoms with Gasteiger partial charge >= 0.3 is 0 Å². The van der Waals surface area contributed by atoms with Crippen molar-refractivity contribution in [1.29, 1.82) is 0 Å². The van der Waals surface area contributed by atoms with E-state index in [2.05, 4.69) is 37.9 Å². The molecule has 0 bridgehead atoms. The van der Waals surface area contributed by atoms with Crippen LogP contribution in [0, 0.1) is 0 Å². The highest BCUT2D eigenvalue weighted by Gasteiger charge is 2.23. The lowest BCUT2D eigenvalue weighted by molar-refractivity contribution is 0.302. The summed E-state index contributed by atoms with van der Waals surface area (Å²) in [6.45, 7) is 9.12. The molecule has 0 spiro atoms. The highest BCUT2D eigenvalue weighted by molar-refractivity contribution is 5.74. The first kappa shape index (κ1) is 20.2. The maximum Gasteiger partial charge on any atom is 0.147 e. The van der Waals surface area contributed by atoms with Crippen LogP contribution in [-0.4, -0.2) is 26.7 Å². The molecule has 28 heavy (non-hydrogen) atoms. The molecule has 5 heteroatoms. The third kappa shape index (κ3) is 4.64. The average Bonchev–Trinajstić information content (AvgIpc) is 3.08. The van der Waals surface area contributed by atoms with Gasteiger partial charge in [0.15, 0.2) is 0 Å². The van der Waals surface area contributed by atoms with E-state index in [4.69, 9.17) is 4.74 Å². The SMILES string of the molecule is CCCCCCCOc1cc(-n2nc3ccccc3n2)c(O)c(C(C)(C)C)c1. The molecule has 3 rings (SSSR count). The Morgan fingerprint density at radius 1 is 0.964 bits per heavy atom. The minimum absolute atomic E-state index is 0.197. The van der Waals surface area contributed by atoms with Gasteiger partial charge in [0.1, 0.15) is 28.2 Å². The molecule has 2 aromatic carbocycles. The molecule has 0 aliphatic heterocycles. The Kier molecular flexibility index (Phi) is 6.22. The summed E-state index contributed by atoms with van der Waals surface area (Å²) in [7, 11) is 0. The van der Waals surface area contributed by atoms with Crippen LogP contribution in [0.4, 0.5) is 0 Å². The van der Waals surface area contributed by atoms with E-state index in [1.165, 1.54) is 30.5 Å². The minimum atomic E-state index is -0.230. The van der Waals surface area contributed by atoms with E-state index < -0.39 is 0 Å². The molecule has 3 aromatic rings. The van der Waals surface area contributed by atoms with Gasteiger partial charge in [-0.05, 0) is 30.0 Å². The number of hydrogen-bond acceptors (Lipinski definition) is 4. The van der Waals surface area contributed by atoms with Crippen LogP contribution < -0.4 is 4.74 Å². The quantitative estimate of drug-likeness (QED) is 0.503. The fraction of sp³-hybridized carbons (Fsp3) is 0.478. The van der Waals surface area contributed by atoms with Crippen molar-refractivity contribution in [3.8, 4) is 17.2 Å². The number of aromatic nitrogens is 3. The van der Waals surface area contributed by atoms with Crippen LogP contribution in [0.2, 0.25) is 0 Å². The van der Waals surface area contributed by atoms with Crippen molar-refractivity contribution in [3.63, 3.8) is 0 Å². The molecule has 0 saturated heterocycles. The van der Waals surface area contributed by atoms with Crippen LogP contribution in [0.25, 0.3) is 16.7 Å². The Labute approximate surface area is 167 Å². The third-order valence-corrected chi connectivity index (χ3v) is 4.89. The van der Waals surface area contributed by atoms with Gasteiger partial charge in [0, 0.05) is 11.6 Å². The normalized spacial score (nSPS) is 11.9. The number of hydrogen-bond donors (Lipinski definition) is 1. The number of aromatic hydroxyl groups is 1. The van der Waals surface area contributed by atoms with Gasteiger partial charge in [0.25, 0.3) is 0 Å².